The molecule has 3 aromatic rings. The van der Waals surface area contributed by atoms with Gasteiger partial charge in [0.25, 0.3) is 5.56 Å². The van der Waals surface area contributed by atoms with Crippen LogP contribution in [0.5, 0.6) is 0 Å². The van der Waals surface area contributed by atoms with Crippen LogP contribution < -0.4 is 10.5 Å². The number of carbonyl (C=O) groups excluding carboxylic acids is 1. The lowest BCUT2D eigenvalue weighted by atomic mass is 10.1. The topological polar surface area (TPSA) is 79.0 Å². The normalized spacial score (nSPS) is 12.9. The van der Waals surface area contributed by atoms with Crippen LogP contribution in [-0.2, 0) is 6.67 Å². The van der Waals surface area contributed by atoms with Gasteiger partial charge in [0, 0.05) is 16.8 Å². The molecule has 1 aliphatic heterocycles. The minimum Gasteiger partial charge on any atom is -0.343 e. The highest BCUT2D eigenvalue weighted by atomic mass is 32.2. The molecule has 2 heterocycles. The van der Waals surface area contributed by atoms with E-state index in [2.05, 4.69) is 4.98 Å². The molecule has 0 atom stereocenters. The molecule has 4 rings (SSSR count). The van der Waals surface area contributed by atoms with Crippen molar-refractivity contribution in [2.45, 2.75) is 18.7 Å². The van der Waals surface area contributed by atoms with Gasteiger partial charge < -0.3 is 4.90 Å². The smallest absolute Gasteiger partial charge is 0.274 e. The summed E-state index contributed by atoms with van der Waals surface area (Å²) < 4.78 is 1.53. The number of nitriles is 1. The first-order valence-electron chi connectivity index (χ1n) is 8.67. The highest BCUT2D eigenvalue weighted by molar-refractivity contribution is 7.99. The summed E-state index contributed by atoms with van der Waals surface area (Å²) in [4.78, 5) is 31.1. The van der Waals surface area contributed by atoms with Gasteiger partial charge in [0.05, 0.1) is 11.6 Å². The Bertz CT molecular complexity index is 1150. The van der Waals surface area contributed by atoms with Gasteiger partial charge in [0.15, 0.2) is 10.9 Å². The van der Waals surface area contributed by atoms with Crippen molar-refractivity contribution in [3.05, 3.63) is 76.1 Å². The molecule has 0 aliphatic carbocycles. The van der Waals surface area contributed by atoms with Gasteiger partial charge in [-0.05, 0) is 31.2 Å². The zero-order valence-corrected chi connectivity index (χ0v) is 15.9. The van der Waals surface area contributed by atoms with Crippen molar-refractivity contribution in [2.24, 2.45) is 0 Å². The molecule has 1 aromatic heterocycles. The van der Waals surface area contributed by atoms with Crippen molar-refractivity contribution >= 4 is 23.2 Å². The van der Waals surface area contributed by atoms with E-state index >= 15 is 0 Å². The maximum Gasteiger partial charge on any atom is 0.274 e. The van der Waals surface area contributed by atoms with Gasteiger partial charge in [-0.15, -0.1) is 0 Å². The molecule has 1 aliphatic rings. The van der Waals surface area contributed by atoms with Crippen LogP contribution in [0.25, 0.3) is 11.3 Å². The predicted molar refractivity (Wildman–Crippen MR) is 108 cm³/mol. The third-order valence-electron chi connectivity index (χ3n) is 4.59. The van der Waals surface area contributed by atoms with Crippen molar-refractivity contribution in [3.8, 4) is 17.3 Å². The molecule has 138 valence electrons. The quantitative estimate of drug-likeness (QED) is 0.505. The van der Waals surface area contributed by atoms with Gasteiger partial charge in [-0.2, -0.15) is 5.26 Å². The number of hydrogen-bond donors (Lipinski definition) is 0. The summed E-state index contributed by atoms with van der Waals surface area (Å²) in [5, 5.41) is 10.2. The van der Waals surface area contributed by atoms with Crippen LogP contribution in [-0.4, -0.2) is 21.2 Å². The molecular formula is C21H16N4O2S. The Kier molecular flexibility index (Phi) is 4.72. The Hall–Kier alpha value is -3.37. The van der Waals surface area contributed by atoms with Crippen LogP contribution in [0.2, 0.25) is 0 Å². The Morgan fingerprint density at radius 1 is 1.14 bits per heavy atom. The maximum atomic E-state index is 13.0. The number of hydrogen-bond acceptors (Lipinski definition) is 6. The lowest BCUT2D eigenvalue weighted by Crippen LogP contribution is -2.38. The van der Waals surface area contributed by atoms with Gasteiger partial charge in [-0.1, -0.05) is 42.1 Å². The summed E-state index contributed by atoms with van der Waals surface area (Å²) in [6.07, 6.45) is 0. The number of ketones is 1. The van der Waals surface area contributed by atoms with Crippen LogP contribution in [0, 0.1) is 11.3 Å². The minimum absolute atomic E-state index is 0.0115. The molecular weight excluding hydrogens is 372 g/mol. The van der Waals surface area contributed by atoms with Crippen molar-refractivity contribution in [1.82, 2.24) is 9.55 Å². The second-order valence-corrected chi connectivity index (χ2v) is 7.30. The van der Waals surface area contributed by atoms with E-state index in [9.17, 15) is 14.9 Å². The number of carbonyl (C=O) groups is 1. The summed E-state index contributed by atoms with van der Waals surface area (Å²) in [5.41, 5.74) is 2.43. The van der Waals surface area contributed by atoms with E-state index in [0.29, 0.717) is 29.0 Å². The number of aromatic nitrogens is 2. The van der Waals surface area contributed by atoms with Crippen LogP contribution in [0.15, 0.2) is 64.5 Å². The van der Waals surface area contributed by atoms with Crippen molar-refractivity contribution in [1.29, 1.82) is 5.26 Å². The van der Waals surface area contributed by atoms with E-state index < -0.39 is 0 Å². The van der Waals surface area contributed by atoms with Crippen molar-refractivity contribution < 1.29 is 4.79 Å². The molecule has 0 spiro atoms. The summed E-state index contributed by atoms with van der Waals surface area (Å²) >= 11 is 1.45. The van der Waals surface area contributed by atoms with Gasteiger partial charge in [0.1, 0.15) is 18.3 Å². The number of nitrogens with zero attached hydrogens (tertiary/aromatic N) is 4. The Balaban J connectivity index is 1.72. The number of benzene rings is 2. The second-order valence-electron chi connectivity index (χ2n) is 6.39. The second kappa shape index (κ2) is 7.33. The summed E-state index contributed by atoms with van der Waals surface area (Å²) in [6, 6.07) is 18.6. The Labute approximate surface area is 166 Å². The zero-order chi connectivity index (χ0) is 19.7. The molecule has 0 fully saturated rings. The van der Waals surface area contributed by atoms with Gasteiger partial charge in [-0.3, -0.25) is 14.2 Å². The van der Waals surface area contributed by atoms with Crippen LogP contribution in [0.4, 0.5) is 5.69 Å². The zero-order valence-electron chi connectivity index (χ0n) is 15.1. The van der Waals surface area contributed by atoms with Crippen LogP contribution >= 0.6 is 11.8 Å². The summed E-state index contributed by atoms with van der Waals surface area (Å²) in [6.45, 7) is 1.83. The molecule has 0 saturated carbocycles. The fourth-order valence-electron chi connectivity index (χ4n) is 3.09. The first kappa shape index (κ1) is 18.0. The third-order valence-corrected chi connectivity index (χ3v) is 5.60. The summed E-state index contributed by atoms with van der Waals surface area (Å²) in [5.74, 6) is 0.629. The number of thioether (sulfide) groups is 1. The lowest BCUT2D eigenvalue weighted by molar-refractivity contribution is 0.101. The Morgan fingerprint density at radius 2 is 1.86 bits per heavy atom. The van der Waals surface area contributed by atoms with E-state index in [4.69, 9.17) is 0 Å². The van der Waals surface area contributed by atoms with Crippen molar-refractivity contribution in [2.75, 3.05) is 10.8 Å². The minimum atomic E-state index is -0.344. The average molecular weight is 388 g/mol. The largest absolute Gasteiger partial charge is 0.343 e. The Morgan fingerprint density at radius 3 is 2.50 bits per heavy atom. The van der Waals surface area contributed by atoms with Crippen molar-refractivity contribution in [3.63, 3.8) is 0 Å². The summed E-state index contributed by atoms with van der Waals surface area (Å²) in [7, 11) is 0. The van der Waals surface area contributed by atoms with Gasteiger partial charge in [0.2, 0.25) is 0 Å². The molecule has 0 N–H and O–H groups in total. The monoisotopic (exact) mass is 388 g/mol. The standard InChI is InChI=1S/C21H16N4O2S/c1-14(26)15-7-9-17(10-8-15)24-12-25-20(27)18(11-22)19(23-21(25)28-13-24)16-5-3-2-4-6-16/h2-10H,12-13H2,1H3. The van der Waals surface area contributed by atoms with E-state index in [1.165, 1.54) is 23.3 Å². The fraction of sp³-hybridized carbons (Fsp3) is 0.143. The lowest BCUT2D eigenvalue weighted by Gasteiger charge is -2.31. The van der Waals surface area contributed by atoms with Gasteiger partial charge >= 0.3 is 0 Å². The third kappa shape index (κ3) is 3.19. The van der Waals surface area contributed by atoms with Crippen LogP contribution in [0.3, 0.4) is 0 Å². The molecule has 2 aromatic carbocycles. The predicted octanol–water partition coefficient (Wildman–Crippen LogP) is 3.51. The number of fused-ring (bicyclic) bond motifs is 1. The van der Waals surface area contributed by atoms with E-state index in [-0.39, 0.29) is 16.9 Å². The highest BCUT2D eigenvalue weighted by Crippen LogP contribution is 2.29. The van der Waals surface area contributed by atoms with E-state index in [1.54, 1.807) is 12.1 Å². The molecule has 6 nitrogen and oxygen atoms in total. The fourth-order valence-corrected chi connectivity index (χ4v) is 4.04. The number of rotatable bonds is 3. The average Bonchev–Trinajstić information content (AvgIpc) is 2.74. The van der Waals surface area contributed by atoms with E-state index in [1.807, 2.05) is 53.4 Å². The molecule has 0 bridgehead atoms. The SMILES string of the molecule is CC(=O)c1ccc(N2CSc3nc(-c4ccccc4)c(C#N)c(=O)n3C2)cc1. The number of Topliss-reactive ketones (excluding diaryl/α,β-unsaturated/α-hetero) is 1. The molecule has 0 radical (unpaired) electrons. The molecule has 0 unspecified atom stereocenters. The van der Waals surface area contributed by atoms with E-state index in [0.717, 1.165) is 11.3 Å². The molecule has 7 heteroatoms. The van der Waals surface area contributed by atoms with Gasteiger partial charge in [-0.25, -0.2) is 4.98 Å². The number of anilines is 1. The highest BCUT2D eigenvalue weighted by Gasteiger charge is 2.24. The van der Waals surface area contributed by atoms with Crippen LogP contribution in [0.1, 0.15) is 22.8 Å². The first-order valence-corrected chi connectivity index (χ1v) is 9.66. The molecule has 28 heavy (non-hydrogen) atoms. The molecule has 0 saturated heterocycles. The first-order chi connectivity index (χ1) is 13.6. The molecule has 0 amide bonds. The maximum absolute atomic E-state index is 13.0.